The van der Waals surface area contributed by atoms with E-state index < -0.39 is 0 Å². The van der Waals surface area contributed by atoms with Crippen molar-refractivity contribution in [3.63, 3.8) is 0 Å². The van der Waals surface area contributed by atoms with Gasteiger partial charge in [0.2, 0.25) is 0 Å². The molecule has 1 amide bonds. The van der Waals surface area contributed by atoms with Crippen LogP contribution in [0, 0.1) is 0 Å². The molecule has 3 rings (SSSR count). The van der Waals surface area contributed by atoms with Crippen LogP contribution in [-0.4, -0.2) is 43.1 Å². The largest absolute Gasteiger partial charge is 0.495 e. The number of carbonyl (C=O) groups is 1. The van der Waals surface area contributed by atoms with Gasteiger partial charge in [0.15, 0.2) is 0 Å². The highest BCUT2D eigenvalue weighted by atomic mass is 79.9. The number of hydrogen-bond acceptors (Lipinski definition) is 4. The topological polar surface area (TPSA) is 41.6 Å². The van der Waals surface area contributed by atoms with Crippen LogP contribution in [0.15, 0.2) is 9.85 Å². The van der Waals surface area contributed by atoms with Gasteiger partial charge in [-0.25, -0.2) is 0 Å². The minimum atomic E-state index is 0.132. The lowest BCUT2D eigenvalue weighted by Gasteiger charge is -2.42. The minimum Gasteiger partial charge on any atom is -0.495 e. The summed E-state index contributed by atoms with van der Waals surface area (Å²) in [6.45, 7) is 1.65. The standard InChI is InChI=1S/C13H17BrN2O2S/c1-18-10-5-11(19-12(10)14)13(17)16-6-8-3-2-4-9(7-16)15-8/h5,8-9,15H,2-4,6-7H2,1H3. The molecule has 6 heteroatoms. The Morgan fingerprint density at radius 2 is 2.16 bits per heavy atom. The number of carbonyl (C=O) groups excluding carboxylic acids is 1. The third-order valence-corrected chi connectivity index (χ3v) is 5.60. The van der Waals surface area contributed by atoms with E-state index in [-0.39, 0.29) is 5.91 Å². The van der Waals surface area contributed by atoms with E-state index >= 15 is 0 Å². The highest BCUT2D eigenvalue weighted by molar-refractivity contribution is 9.11. The molecular formula is C13H17BrN2O2S. The number of rotatable bonds is 2. The van der Waals surface area contributed by atoms with E-state index in [1.165, 1.54) is 30.6 Å². The van der Waals surface area contributed by atoms with Gasteiger partial charge < -0.3 is 15.0 Å². The van der Waals surface area contributed by atoms with Crippen LogP contribution in [0.4, 0.5) is 0 Å². The van der Waals surface area contributed by atoms with E-state index in [1.54, 1.807) is 7.11 Å². The lowest BCUT2D eigenvalue weighted by molar-refractivity contribution is 0.0613. The van der Waals surface area contributed by atoms with E-state index in [2.05, 4.69) is 21.2 Å². The molecule has 2 fully saturated rings. The van der Waals surface area contributed by atoms with Crippen LogP contribution in [0.2, 0.25) is 0 Å². The first-order chi connectivity index (χ1) is 9.17. The average molecular weight is 345 g/mol. The van der Waals surface area contributed by atoms with Crippen molar-refractivity contribution < 1.29 is 9.53 Å². The molecule has 2 atom stereocenters. The fourth-order valence-corrected chi connectivity index (χ4v) is 4.54. The molecule has 2 unspecified atom stereocenters. The molecular weight excluding hydrogens is 328 g/mol. The number of amides is 1. The molecule has 0 saturated carbocycles. The van der Waals surface area contributed by atoms with Gasteiger partial charge in [0.25, 0.3) is 5.91 Å². The Kier molecular flexibility index (Phi) is 3.82. The van der Waals surface area contributed by atoms with Gasteiger partial charge >= 0.3 is 0 Å². The first kappa shape index (κ1) is 13.4. The van der Waals surface area contributed by atoms with Crippen molar-refractivity contribution >= 4 is 33.2 Å². The van der Waals surface area contributed by atoms with Crippen LogP contribution < -0.4 is 10.1 Å². The maximum absolute atomic E-state index is 12.5. The van der Waals surface area contributed by atoms with Gasteiger partial charge in [0.1, 0.15) is 9.54 Å². The molecule has 1 N–H and O–H groups in total. The smallest absolute Gasteiger partial charge is 0.264 e. The first-order valence-corrected chi connectivity index (χ1v) is 8.17. The number of piperidine rings is 1. The fraction of sp³-hybridized carbons (Fsp3) is 0.615. The number of fused-ring (bicyclic) bond motifs is 2. The predicted molar refractivity (Wildman–Crippen MR) is 79.0 cm³/mol. The highest BCUT2D eigenvalue weighted by Gasteiger charge is 2.33. The molecule has 3 heterocycles. The number of methoxy groups -OCH3 is 1. The molecule has 19 heavy (non-hydrogen) atoms. The zero-order valence-electron chi connectivity index (χ0n) is 10.8. The SMILES string of the molecule is COc1cc(C(=O)N2CC3CCCC(C2)N3)sc1Br. The van der Waals surface area contributed by atoms with Crippen molar-refractivity contribution in [3.8, 4) is 5.75 Å². The molecule has 2 aliphatic rings. The monoisotopic (exact) mass is 344 g/mol. The van der Waals surface area contributed by atoms with Crippen molar-refractivity contribution in [1.82, 2.24) is 10.2 Å². The summed E-state index contributed by atoms with van der Waals surface area (Å²) in [5.41, 5.74) is 0. The highest BCUT2D eigenvalue weighted by Crippen LogP contribution is 2.35. The number of hydrogen-bond donors (Lipinski definition) is 1. The van der Waals surface area contributed by atoms with Gasteiger partial charge in [0, 0.05) is 31.2 Å². The second-order valence-electron chi connectivity index (χ2n) is 5.15. The fourth-order valence-electron chi connectivity index (χ4n) is 2.92. The molecule has 0 radical (unpaired) electrons. The van der Waals surface area contributed by atoms with Crippen LogP contribution in [0.3, 0.4) is 0 Å². The maximum Gasteiger partial charge on any atom is 0.264 e. The predicted octanol–water partition coefficient (Wildman–Crippen LogP) is 2.49. The molecule has 0 spiro atoms. The lowest BCUT2D eigenvalue weighted by atomic mass is 9.94. The normalized spacial score (nSPS) is 26.3. The number of piperazine rings is 1. The van der Waals surface area contributed by atoms with Gasteiger partial charge in [0.05, 0.1) is 12.0 Å². The van der Waals surface area contributed by atoms with Crippen LogP contribution in [0.25, 0.3) is 0 Å². The van der Waals surface area contributed by atoms with Gasteiger partial charge in [-0.05, 0) is 28.8 Å². The van der Waals surface area contributed by atoms with Crippen LogP contribution in [0.1, 0.15) is 28.9 Å². The number of nitrogens with zero attached hydrogens (tertiary/aromatic N) is 1. The number of halogens is 1. The third kappa shape index (κ3) is 2.66. The molecule has 0 aromatic carbocycles. The minimum absolute atomic E-state index is 0.132. The molecule has 104 valence electrons. The lowest BCUT2D eigenvalue weighted by Crippen LogP contribution is -2.59. The van der Waals surface area contributed by atoms with E-state index in [0.29, 0.717) is 12.1 Å². The number of ether oxygens (including phenoxy) is 1. The van der Waals surface area contributed by atoms with E-state index in [9.17, 15) is 4.79 Å². The van der Waals surface area contributed by atoms with Gasteiger partial charge in [-0.2, -0.15) is 0 Å². The maximum atomic E-state index is 12.5. The summed E-state index contributed by atoms with van der Waals surface area (Å²) in [6, 6.07) is 2.78. The van der Waals surface area contributed by atoms with Gasteiger partial charge in [-0.1, -0.05) is 6.42 Å². The Morgan fingerprint density at radius 3 is 2.74 bits per heavy atom. The Bertz CT molecular complexity index is 479. The number of likely N-dealkylation sites (tertiary alicyclic amines) is 1. The van der Waals surface area contributed by atoms with Crippen molar-refractivity contribution in [3.05, 3.63) is 14.7 Å². The molecule has 2 aliphatic heterocycles. The summed E-state index contributed by atoms with van der Waals surface area (Å²) >= 11 is 4.88. The molecule has 0 aliphatic carbocycles. The zero-order valence-corrected chi connectivity index (χ0v) is 13.2. The zero-order chi connectivity index (χ0) is 13.4. The second kappa shape index (κ2) is 5.42. The molecule has 2 bridgehead atoms. The van der Waals surface area contributed by atoms with Crippen LogP contribution in [0.5, 0.6) is 5.75 Å². The van der Waals surface area contributed by atoms with Crippen LogP contribution >= 0.6 is 27.3 Å². The summed E-state index contributed by atoms with van der Waals surface area (Å²) in [5.74, 6) is 0.871. The van der Waals surface area contributed by atoms with E-state index in [1.807, 2.05) is 11.0 Å². The molecule has 1 aromatic rings. The summed E-state index contributed by atoms with van der Waals surface area (Å²) in [4.78, 5) is 15.3. The Morgan fingerprint density at radius 1 is 1.47 bits per heavy atom. The summed E-state index contributed by atoms with van der Waals surface area (Å²) < 4.78 is 6.10. The van der Waals surface area contributed by atoms with Crippen LogP contribution in [-0.2, 0) is 0 Å². The first-order valence-electron chi connectivity index (χ1n) is 6.56. The number of nitrogens with one attached hydrogen (secondary N) is 1. The van der Waals surface area contributed by atoms with Gasteiger partial charge in [-0.3, -0.25) is 4.79 Å². The van der Waals surface area contributed by atoms with Crippen molar-refractivity contribution in [2.24, 2.45) is 0 Å². The average Bonchev–Trinajstić information content (AvgIpc) is 2.78. The van der Waals surface area contributed by atoms with Crippen molar-refractivity contribution in [2.75, 3.05) is 20.2 Å². The van der Waals surface area contributed by atoms with Gasteiger partial charge in [-0.15, -0.1) is 11.3 Å². The van der Waals surface area contributed by atoms with Crippen molar-refractivity contribution in [1.29, 1.82) is 0 Å². The second-order valence-corrected chi connectivity index (χ2v) is 7.52. The Hall–Kier alpha value is -0.590. The third-order valence-electron chi connectivity index (χ3n) is 3.83. The quantitative estimate of drug-likeness (QED) is 0.896. The number of thiophene rings is 1. The van der Waals surface area contributed by atoms with E-state index in [0.717, 1.165) is 27.5 Å². The Labute approximate surface area is 125 Å². The van der Waals surface area contributed by atoms with E-state index in [4.69, 9.17) is 4.74 Å². The van der Waals surface area contributed by atoms with Crippen molar-refractivity contribution in [2.45, 2.75) is 31.3 Å². The molecule has 2 saturated heterocycles. The molecule has 1 aromatic heterocycles. The summed E-state index contributed by atoms with van der Waals surface area (Å²) in [7, 11) is 1.62. The molecule has 4 nitrogen and oxygen atoms in total. The summed E-state index contributed by atoms with van der Waals surface area (Å²) in [5, 5.41) is 3.59. The summed E-state index contributed by atoms with van der Waals surface area (Å²) in [6.07, 6.45) is 3.64. The Balaban J connectivity index is 1.76.